The molecule has 19 heavy (non-hydrogen) atoms. The van der Waals surface area contributed by atoms with E-state index in [0.29, 0.717) is 12.2 Å². The molecule has 5 nitrogen and oxygen atoms in total. The first-order valence-corrected chi connectivity index (χ1v) is 7.88. The number of nitrogens with zero attached hydrogens (tertiary/aromatic N) is 1. The topological polar surface area (TPSA) is 75.4 Å². The van der Waals surface area contributed by atoms with E-state index in [0.717, 1.165) is 19.4 Å². The van der Waals surface area contributed by atoms with E-state index in [9.17, 15) is 8.42 Å². The van der Waals surface area contributed by atoms with Crippen LogP contribution in [0.4, 0.5) is 5.69 Å². The fraction of sp³-hybridized carbons (Fsp3) is 0.500. The van der Waals surface area contributed by atoms with Gasteiger partial charge in [-0.3, -0.25) is 0 Å². The molecule has 7 heteroatoms. The van der Waals surface area contributed by atoms with E-state index in [2.05, 4.69) is 9.62 Å². The van der Waals surface area contributed by atoms with E-state index in [1.165, 1.54) is 12.1 Å². The predicted molar refractivity (Wildman–Crippen MR) is 78.8 cm³/mol. The Kier molecular flexibility index (Phi) is 6.06. The van der Waals surface area contributed by atoms with Crippen LogP contribution in [0.25, 0.3) is 0 Å². The van der Waals surface area contributed by atoms with Gasteiger partial charge in [0.25, 0.3) is 0 Å². The van der Waals surface area contributed by atoms with Gasteiger partial charge in [0.1, 0.15) is 4.90 Å². The van der Waals surface area contributed by atoms with Gasteiger partial charge in [0, 0.05) is 12.2 Å². The lowest BCUT2D eigenvalue weighted by Gasteiger charge is -2.11. The molecule has 0 fully saturated rings. The van der Waals surface area contributed by atoms with Crippen LogP contribution in [0, 0.1) is 0 Å². The fourth-order valence-corrected chi connectivity index (χ4v) is 3.17. The highest BCUT2D eigenvalue weighted by Gasteiger charge is 2.17. The van der Waals surface area contributed by atoms with Crippen molar-refractivity contribution in [2.24, 2.45) is 0 Å². The highest BCUT2D eigenvalue weighted by atomic mass is 35.5. The molecular formula is C12H20ClN3O2S. The van der Waals surface area contributed by atoms with Gasteiger partial charge in [0.15, 0.2) is 0 Å². The zero-order valence-electron chi connectivity index (χ0n) is 11.2. The molecule has 0 saturated heterocycles. The Morgan fingerprint density at radius 2 is 2.00 bits per heavy atom. The summed E-state index contributed by atoms with van der Waals surface area (Å²) in [5.41, 5.74) is 5.95. The number of hydrogen-bond acceptors (Lipinski definition) is 4. The molecular weight excluding hydrogens is 286 g/mol. The zero-order valence-corrected chi connectivity index (χ0v) is 12.8. The molecule has 0 spiro atoms. The monoisotopic (exact) mass is 305 g/mol. The van der Waals surface area contributed by atoms with Crippen molar-refractivity contribution in [1.82, 2.24) is 9.62 Å². The van der Waals surface area contributed by atoms with Crippen LogP contribution in [-0.2, 0) is 10.0 Å². The largest absolute Gasteiger partial charge is 0.399 e. The molecule has 0 atom stereocenters. The average molecular weight is 306 g/mol. The van der Waals surface area contributed by atoms with Crippen LogP contribution in [0.5, 0.6) is 0 Å². The Labute approximate surface area is 119 Å². The van der Waals surface area contributed by atoms with Crippen molar-refractivity contribution in [1.29, 1.82) is 0 Å². The summed E-state index contributed by atoms with van der Waals surface area (Å²) in [6.45, 7) is 1.32. The first kappa shape index (κ1) is 16.2. The minimum Gasteiger partial charge on any atom is -0.399 e. The highest BCUT2D eigenvalue weighted by Crippen LogP contribution is 2.23. The van der Waals surface area contributed by atoms with Gasteiger partial charge >= 0.3 is 0 Å². The number of nitrogens with two attached hydrogens (primary N) is 1. The van der Waals surface area contributed by atoms with Crippen LogP contribution in [0.15, 0.2) is 23.1 Å². The average Bonchev–Trinajstić information content (AvgIpc) is 2.31. The summed E-state index contributed by atoms with van der Waals surface area (Å²) in [5.74, 6) is 0. The summed E-state index contributed by atoms with van der Waals surface area (Å²) in [5, 5.41) is 0.176. The standard InChI is InChI=1S/C12H20ClN3O2S/c1-16(2)8-4-3-7-15-19(17,18)12-9-10(14)5-6-11(12)13/h5-6,9,15H,3-4,7-8,14H2,1-2H3. The van der Waals surface area contributed by atoms with Crippen LogP contribution in [0.2, 0.25) is 5.02 Å². The van der Waals surface area contributed by atoms with Gasteiger partial charge < -0.3 is 10.6 Å². The number of nitrogen functional groups attached to an aromatic ring is 1. The number of nitrogens with one attached hydrogen (secondary N) is 1. The minimum absolute atomic E-state index is 0.0294. The molecule has 1 aromatic rings. The second kappa shape index (κ2) is 7.09. The lowest BCUT2D eigenvalue weighted by atomic mass is 10.3. The van der Waals surface area contributed by atoms with Crippen molar-refractivity contribution in [3.05, 3.63) is 23.2 Å². The minimum atomic E-state index is -3.59. The zero-order chi connectivity index (χ0) is 14.5. The Hall–Kier alpha value is -0.820. The van der Waals surface area contributed by atoms with Crippen molar-refractivity contribution in [3.8, 4) is 0 Å². The molecule has 1 aromatic carbocycles. The first-order chi connectivity index (χ1) is 8.83. The molecule has 1 rings (SSSR count). The van der Waals surface area contributed by atoms with Crippen LogP contribution in [-0.4, -0.2) is 40.5 Å². The van der Waals surface area contributed by atoms with E-state index in [4.69, 9.17) is 17.3 Å². The molecule has 0 heterocycles. The number of sulfonamides is 1. The summed E-state index contributed by atoms with van der Waals surface area (Å²) in [6, 6.07) is 4.42. The van der Waals surface area contributed by atoms with Crippen molar-refractivity contribution in [2.75, 3.05) is 32.9 Å². The van der Waals surface area contributed by atoms with Gasteiger partial charge in [0.2, 0.25) is 10.0 Å². The summed E-state index contributed by atoms with van der Waals surface area (Å²) < 4.78 is 26.6. The lowest BCUT2D eigenvalue weighted by molar-refractivity contribution is 0.394. The van der Waals surface area contributed by atoms with Gasteiger partial charge in [-0.1, -0.05) is 11.6 Å². The van der Waals surface area contributed by atoms with Gasteiger partial charge in [0.05, 0.1) is 5.02 Å². The van der Waals surface area contributed by atoms with E-state index in [1.54, 1.807) is 6.07 Å². The summed E-state index contributed by atoms with van der Waals surface area (Å²) >= 11 is 5.88. The normalized spacial score (nSPS) is 12.0. The van der Waals surface area contributed by atoms with Crippen LogP contribution in [0.3, 0.4) is 0 Å². The molecule has 0 aliphatic carbocycles. The SMILES string of the molecule is CN(C)CCCCNS(=O)(=O)c1cc(N)ccc1Cl. The molecule has 108 valence electrons. The quantitative estimate of drug-likeness (QED) is 0.592. The fourth-order valence-electron chi connectivity index (χ4n) is 1.56. The highest BCUT2D eigenvalue weighted by molar-refractivity contribution is 7.89. The molecule has 0 aliphatic rings. The van der Waals surface area contributed by atoms with Crippen molar-refractivity contribution in [2.45, 2.75) is 17.7 Å². The number of halogens is 1. The third kappa shape index (κ3) is 5.36. The van der Waals surface area contributed by atoms with Crippen LogP contribution >= 0.6 is 11.6 Å². The Balaban J connectivity index is 2.59. The van der Waals surface area contributed by atoms with Crippen LogP contribution < -0.4 is 10.5 Å². The maximum absolute atomic E-state index is 12.0. The van der Waals surface area contributed by atoms with E-state index < -0.39 is 10.0 Å². The Bertz CT molecular complexity index is 518. The summed E-state index contributed by atoms with van der Waals surface area (Å²) in [7, 11) is 0.376. The van der Waals surface area contributed by atoms with E-state index >= 15 is 0 Å². The number of hydrogen-bond donors (Lipinski definition) is 2. The molecule has 0 radical (unpaired) electrons. The van der Waals surface area contributed by atoms with Crippen LogP contribution in [0.1, 0.15) is 12.8 Å². The molecule has 0 aromatic heterocycles. The molecule has 0 aliphatic heterocycles. The molecule has 0 amide bonds. The lowest BCUT2D eigenvalue weighted by Crippen LogP contribution is -2.26. The maximum atomic E-state index is 12.0. The molecule has 0 unspecified atom stereocenters. The molecule has 0 bridgehead atoms. The van der Waals surface area contributed by atoms with Crippen molar-refractivity contribution in [3.63, 3.8) is 0 Å². The van der Waals surface area contributed by atoms with Gasteiger partial charge in [-0.05, 0) is 51.7 Å². The predicted octanol–water partition coefficient (Wildman–Crippen LogP) is 1.54. The Morgan fingerprint density at radius 3 is 2.63 bits per heavy atom. The maximum Gasteiger partial charge on any atom is 0.242 e. The van der Waals surface area contributed by atoms with Gasteiger partial charge in [-0.2, -0.15) is 0 Å². The summed E-state index contributed by atoms with van der Waals surface area (Å²) in [6.07, 6.45) is 1.71. The van der Waals surface area contributed by atoms with Gasteiger partial charge in [-0.15, -0.1) is 0 Å². The third-order valence-electron chi connectivity index (χ3n) is 2.57. The number of anilines is 1. The van der Waals surface area contributed by atoms with Crippen molar-refractivity contribution < 1.29 is 8.42 Å². The second-order valence-corrected chi connectivity index (χ2v) is 6.74. The van der Waals surface area contributed by atoms with E-state index in [-0.39, 0.29) is 9.92 Å². The van der Waals surface area contributed by atoms with E-state index in [1.807, 2.05) is 14.1 Å². The summed E-state index contributed by atoms with van der Waals surface area (Å²) in [4.78, 5) is 2.09. The molecule has 3 N–H and O–H groups in total. The first-order valence-electron chi connectivity index (χ1n) is 6.02. The Morgan fingerprint density at radius 1 is 1.32 bits per heavy atom. The number of unbranched alkanes of at least 4 members (excludes halogenated alkanes) is 1. The van der Waals surface area contributed by atoms with Crippen molar-refractivity contribution >= 4 is 27.3 Å². The number of rotatable bonds is 7. The second-order valence-electron chi connectivity index (χ2n) is 4.60. The molecule has 0 saturated carbocycles. The third-order valence-corrected chi connectivity index (χ3v) is 4.51. The number of benzene rings is 1. The van der Waals surface area contributed by atoms with Gasteiger partial charge in [-0.25, -0.2) is 13.1 Å². The smallest absolute Gasteiger partial charge is 0.242 e.